The van der Waals surface area contributed by atoms with Crippen molar-refractivity contribution in [3.05, 3.63) is 58.6 Å². The molecule has 0 aromatic carbocycles. The molecular weight excluding hydrogens is 680 g/mol. The zero-order valence-electron chi connectivity index (χ0n) is 30.1. The lowest BCUT2D eigenvalue weighted by Crippen LogP contribution is -2.55. The highest BCUT2D eigenvalue weighted by Crippen LogP contribution is 2.36. The molecule has 0 bridgehead atoms. The molecule has 4 heterocycles. The van der Waals surface area contributed by atoms with E-state index < -0.39 is 24.1 Å². The summed E-state index contributed by atoms with van der Waals surface area (Å²) >= 11 is 0. The molecule has 2 saturated heterocycles. The van der Waals surface area contributed by atoms with Gasteiger partial charge in [0.2, 0.25) is 11.8 Å². The highest BCUT2D eigenvalue weighted by atomic mass is 16.5. The van der Waals surface area contributed by atoms with E-state index >= 15 is 0 Å². The molecule has 4 aliphatic heterocycles. The van der Waals surface area contributed by atoms with Gasteiger partial charge in [-0.15, -0.1) is 5.11 Å². The number of imide groups is 1. The second kappa shape index (κ2) is 16.3. The van der Waals surface area contributed by atoms with Gasteiger partial charge in [0.05, 0.1) is 30.8 Å². The Bertz CT molecular complexity index is 1710. The van der Waals surface area contributed by atoms with Crippen molar-refractivity contribution in [3.63, 3.8) is 0 Å². The molecule has 3 aliphatic carbocycles. The Kier molecular flexibility index (Phi) is 11.3. The average molecular weight is 729 g/mol. The normalized spacial score (nSPS) is 32.4. The first-order valence-electron chi connectivity index (χ1n) is 18.9. The number of hydrogen-bond donors (Lipinski definition) is 3. The minimum Gasteiger partial charge on any atom is -0.491 e. The maximum absolute atomic E-state index is 13.0. The zero-order valence-corrected chi connectivity index (χ0v) is 30.1. The first-order chi connectivity index (χ1) is 25.7. The van der Waals surface area contributed by atoms with Crippen molar-refractivity contribution in [2.45, 2.75) is 101 Å². The van der Waals surface area contributed by atoms with Crippen LogP contribution in [-0.4, -0.2) is 119 Å². The summed E-state index contributed by atoms with van der Waals surface area (Å²) in [5.74, 6) is -0.738. The fourth-order valence-corrected chi connectivity index (χ4v) is 8.18. The summed E-state index contributed by atoms with van der Waals surface area (Å²) < 4.78 is 12.3. The number of carbonyl (C=O) groups excluding carboxylic acids is 4. The van der Waals surface area contributed by atoms with Crippen LogP contribution in [0.2, 0.25) is 0 Å². The smallest absolute Gasteiger partial charge is 0.271 e. The van der Waals surface area contributed by atoms with Crippen LogP contribution in [0.1, 0.15) is 64.7 Å². The number of rotatable bonds is 10. The summed E-state index contributed by atoms with van der Waals surface area (Å²) in [5, 5.41) is 34.4. The number of nitriles is 1. The predicted molar refractivity (Wildman–Crippen MR) is 190 cm³/mol. The van der Waals surface area contributed by atoms with Crippen LogP contribution in [0.15, 0.2) is 68.8 Å². The van der Waals surface area contributed by atoms with Crippen LogP contribution in [0.25, 0.3) is 0 Å². The van der Waals surface area contributed by atoms with Gasteiger partial charge in [0.25, 0.3) is 11.8 Å². The van der Waals surface area contributed by atoms with E-state index in [1.54, 1.807) is 6.08 Å². The van der Waals surface area contributed by atoms with Crippen molar-refractivity contribution in [1.82, 2.24) is 25.3 Å². The Hall–Kier alpha value is -4.49. The number of aliphatic hydroxyl groups is 1. The van der Waals surface area contributed by atoms with E-state index in [0.717, 1.165) is 69.7 Å². The van der Waals surface area contributed by atoms with Gasteiger partial charge in [0.1, 0.15) is 23.7 Å². The Labute approximate surface area is 309 Å². The van der Waals surface area contributed by atoms with Gasteiger partial charge in [-0.2, -0.15) is 10.4 Å². The average Bonchev–Trinajstić information content (AvgIpc) is 3.41. The lowest BCUT2D eigenvalue weighted by molar-refractivity contribution is -0.149. The summed E-state index contributed by atoms with van der Waals surface area (Å²) in [6.07, 6.45) is 13.2. The number of piperazine rings is 1. The summed E-state index contributed by atoms with van der Waals surface area (Å²) in [5.41, 5.74) is 2.34. The minimum atomic E-state index is -1.22. The molecule has 7 rings (SSSR count). The van der Waals surface area contributed by atoms with Crippen LogP contribution in [0, 0.1) is 17.2 Å². The summed E-state index contributed by atoms with van der Waals surface area (Å²) in [4.78, 5) is 55.8. The topological polar surface area (TPSA) is 189 Å². The third kappa shape index (κ3) is 8.36. The van der Waals surface area contributed by atoms with Gasteiger partial charge in [0, 0.05) is 63.6 Å². The third-order valence-electron chi connectivity index (χ3n) is 11.4. The molecular formula is C38H48N8O7. The van der Waals surface area contributed by atoms with Gasteiger partial charge in [-0.05, 0) is 69.2 Å². The Balaban J connectivity index is 0.777. The number of nitrogens with zero attached hydrogens (tertiary/aromatic N) is 6. The molecule has 15 heteroatoms. The molecule has 0 aromatic heterocycles. The van der Waals surface area contributed by atoms with E-state index in [1.165, 1.54) is 4.90 Å². The van der Waals surface area contributed by atoms with Crippen molar-refractivity contribution in [2.24, 2.45) is 16.1 Å². The standard InChI is InChI=1S/C38H48N8O7/c1-23-20-28(5-2-24(23)22-39)53-26-6-3-25(4-7-26)40-35(48)31-10-12-33(43-42-31)45-16-14-44(15-17-45)18-19-52-27-8-9-29-30(21-27)38(51)46(37(29)50)32-11-13-34(47)41-36(32)49/h5,8-10,20,24-27,32-33,38,51H,2-4,6-7,11-19,21H2,1H3,(H,40,48)(H,41,47,49). The first-order valence-corrected chi connectivity index (χ1v) is 18.9. The zero-order chi connectivity index (χ0) is 37.1. The number of piperidine rings is 1. The van der Waals surface area contributed by atoms with Gasteiger partial charge in [0.15, 0.2) is 6.23 Å². The molecule has 5 atom stereocenters. The fourth-order valence-electron chi connectivity index (χ4n) is 8.18. The SMILES string of the molecule is CC1=CC(OC2CCC(NC(=O)C3=CCC(N4CCN(CCOC5C=CC6=C(C5)C(O)N(C5CCC(=O)NC5=O)C6=O)CC4)N=N3)CC2)=CCC1C#N. The molecule has 3 N–H and O–H groups in total. The maximum Gasteiger partial charge on any atom is 0.271 e. The lowest BCUT2D eigenvalue weighted by atomic mass is 9.91. The molecule has 15 nitrogen and oxygen atoms in total. The molecule has 0 aromatic rings. The van der Waals surface area contributed by atoms with E-state index in [4.69, 9.17) is 9.47 Å². The van der Waals surface area contributed by atoms with Crippen LogP contribution >= 0.6 is 0 Å². The highest BCUT2D eigenvalue weighted by Gasteiger charge is 2.46. The molecule has 282 valence electrons. The highest BCUT2D eigenvalue weighted by molar-refractivity contribution is 6.06. The number of aliphatic hydroxyl groups excluding tert-OH is 1. The number of amides is 4. The van der Waals surface area contributed by atoms with Gasteiger partial charge in [-0.25, -0.2) is 0 Å². The maximum atomic E-state index is 13.0. The van der Waals surface area contributed by atoms with Crippen LogP contribution in [-0.2, 0) is 28.7 Å². The van der Waals surface area contributed by atoms with Crippen molar-refractivity contribution < 1.29 is 33.8 Å². The van der Waals surface area contributed by atoms with Gasteiger partial charge < -0.3 is 19.9 Å². The Morgan fingerprint density at radius 2 is 1.89 bits per heavy atom. The van der Waals surface area contributed by atoms with Crippen LogP contribution < -0.4 is 10.6 Å². The molecule has 4 amide bonds. The molecule has 0 spiro atoms. The van der Waals surface area contributed by atoms with Crippen molar-refractivity contribution in [3.8, 4) is 6.07 Å². The molecule has 0 radical (unpaired) electrons. The van der Waals surface area contributed by atoms with Gasteiger partial charge in [-0.3, -0.25) is 39.2 Å². The summed E-state index contributed by atoms with van der Waals surface area (Å²) in [7, 11) is 0. The predicted octanol–water partition coefficient (Wildman–Crippen LogP) is 2.10. The van der Waals surface area contributed by atoms with Crippen LogP contribution in [0.3, 0.4) is 0 Å². The van der Waals surface area contributed by atoms with Crippen molar-refractivity contribution in [2.75, 3.05) is 39.3 Å². The number of ether oxygens (including phenoxy) is 2. The molecule has 5 unspecified atom stereocenters. The van der Waals surface area contributed by atoms with Crippen LogP contribution in [0.5, 0.6) is 0 Å². The van der Waals surface area contributed by atoms with E-state index in [9.17, 15) is 29.5 Å². The fraction of sp³-hybridized carbons (Fsp3) is 0.605. The quantitative estimate of drug-likeness (QED) is 0.281. The van der Waals surface area contributed by atoms with Crippen molar-refractivity contribution in [1.29, 1.82) is 5.26 Å². The second-order valence-corrected chi connectivity index (χ2v) is 14.8. The largest absolute Gasteiger partial charge is 0.491 e. The number of allylic oxidation sites excluding steroid dienone is 3. The van der Waals surface area contributed by atoms with Crippen LogP contribution in [0.4, 0.5) is 0 Å². The minimum absolute atomic E-state index is 0.0675. The monoisotopic (exact) mass is 728 g/mol. The number of nitrogens with one attached hydrogen (secondary N) is 2. The number of hydrogen-bond acceptors (Lipinski definition) is 12. The molecule has 3 fully saturated rings. The van der Waals surface area contributed by atoms with Gasteiger partial charge in [-0.1, -0.05) is 17.7 Å². The first kappa shape index (κ1) is 36.9. The number of carbonyl (C=O) groups is 4. The Morgan fingerprint density at radius 3 is 2.58 bits per heavy atom. The molecule has 7 aliphatic rings. The summed E-state index contributed by atoms with van der Waals surface area (Å²) in [6.45, 7) is 6.51. The van der Waals surface area contributed by atoms with Crippen molar-refractivity contribution >= 4 is 23.6 Å². The van der Waals surface area contributed by atoms with E-state index in [-0.39, 0.29) is 55.0 Å². The molecule has 53 heavy (non-hydrogen) atoms. The van der Waals surface area contributed by atoms with E-state index in [2.05, 4.69) is 36.7 Å². The summed E-state index contributed by atoms with van der Waals surface area (Å²) in [6, 6.07) is 1.51. The van der Waals surface area contributed by atoms with E-state index in [1.807, 2.05) is 31.2 Å². The second-order valence-electron chi connectivity index (χ2n) is 14.8. The Morgan fingerprint density at radius 1 is 1.09 bits per heavy atom. The lowest BCUT2D eigenvalue weighted by Gasteiger charge is -2.37. The van der Waals surface area contributed by atoms with E-state index in [0.29, 0.717) is 42.7 Å². The molecule has 1 saturated carbocycles. The number of azo groups is 1. The third-order valence-corrected chi connectivity index (χ3v) is 11.4. The van der Waals surface area contributed by atoms with Gasteiger partial charge >= 0.3 is 0 Å².